The van der Waals surface area contributed by atoms with Crippen LogP contribution in [0.1, 0.15) is 11.1 Å². The quantitative estimate of drug-likeness (QED) is 0.786. The summed E-state index contributed by atoms with van der Waals surface area (Å²) in [5.74, 6) is 0.891. The molecule has 1 radical (unpaired) electrons. The third kappa shape index (κ3) is 3.25. The van der Waals surface area contributed by atoms with E-state index in [1.165, 1.54) is 11.1 Å². The van der Waals surface area contributed by atoms with Crippen LogP contribution in [-0.4, -0.2) is 7.11 Å². The molecule has 0 atom stereocenters. The molecule has 0 amide bonds. The van der Waals surface area contributed by atoms with Crippen molar-refractivity contribution in [3.05, 3.63) is 59.7 Å². The predicted molar refractivity (Wildman–Crippen MR) is 69.6 cm³/mol. The second-order valence-corrected chi connectivity index (χ2v) is 4.05. The lowest BCUT2D eigenvalue weighted by Gasteiger charge is -2.04. The summed E-state index contributed by atoms with van der Waals surface area (Å²) in [6.07, 6.45) is 1.96. The van der Waals surface area contributed by atoms with Crippen molar-refractivity contribution in [3.8, 4) is 5.75 Å². The molecular weight excluding hydrogens is 210 g/mol. The van der Waals surface area contributed by atoms with E-state index in [1.807, 2.05) is 24.3 Å². The van der Waals surface area contributed by atoms with Crippen LogP contribution < -0.4 is 10.5 Å². The molecule has 1 N–H and O–H groups in total. The maximum absolute atomic E-state index is 7.56. The van der Waals surface area contributed by atoms with Crippen LogP contribution in [0, 0.1) is 0 Å². The lowest BCUT2D eigenvalue weighted by molar-refractivity contribution is 0.414. The van der Waals surface area contributed by atoms with Gasteiger partial charge in [-0.3, -0.25) is 0 Å². The molecule has 2 heteroatoms. The number of hydrogen-bond acceptors (Lipinski definition) is 1. The van der Waals surface area contributed by atoms with Gasteiger partial charge in [-0.05, 0) is 48.2 Å². The van der Waals surface area contributed by atoms with E-state index in [4.69, 9.17) is 10.5 Å². The van der Waals surface area contributed by atoms with Crippen LogP contribution >= 0.6 is 0 Å². The zero-order valence-corrected chi connectivity index (χ0v) is 9.94. The number of benzene rings is 2. The summed E-state index contributed by atoms with van der Waals surface area (Å²) in [6, 6.07) is 15.9. The standard InChI is InChI=1S/C15H16NO/c1-17-15-9-7-12(8-10-15)5-6-13-3-2-4-14(16)11-13/h2-4,7-11,16H,5-6H2,1H3. The summed E-state index contributed by atoms with van der Waals surface area (Å²) in [5, 5.41) is 0. The van der Waals surface area contributed by atoms with E-state index in [0.717, 1.165) is 18.6 Å². The maximum Gasteiger partial charge on any atom is 0.118 e. The molecule has 2 aromatic rings. The first kappa shape index (κ1) is 11.5. The SMILES string of the molecule is COc1ccc(CCc2cccc([NH])c2)cc1. The summed E-state index contributed by atoms with van der Waals surface area (Å²) >= 11 is 0. The molecule has 2 nitrogen and oxygen atoms in total. The molecule has 0 unspecified atom stereocenters. The fraction of sp³-hybridized carbons (Fsp3) is 0.200. The van der Waals surface area contributed by atoms with Gasteiger partial charge in [0.05, 0.1) is 12.8 Å². The van der Waals surface area contributed by atoms with Crippen LogP contribution in [0.25, 0.3) is 0 Å². The Morgan fingerprint density at radius 2 is 1.65 bits per heavy atom. The molecule has 0 aliphatic carbocycles. The second-order valence-electron chi connectivity index (χ2n) is 4.05. The molecule has 2 aromatic carbocycles. The van der Waals surface area contributed by atoms with Gasteiger partial charge in [0, 0.05) is 0 Å². The van der Waals surface area contributed by atoms with Gasteiger partial charge in [-0.15, -0.1) is 0 Å². The Hall–Kier alpha value is -1.96. The van der Waals surface area contributed by atoms with Gasteiger partial charge in [0.2, 0.25) is 0 Å². The van der Waals surface area contributed by atoms with Gasteiger partial charge in [0.1, 0.15) is 5.75 Å². The number of aryl methyl sites for hydroxylation is 2. The van der Waals surface area contributed by atoms with Crippen molar-refractivity contribution < 1.29 is 4.74 Å². The minimum atomic E-state index is 0.581. The van der Waals surface area contributed by atoms with Crippen LogP contribution in [0.2, 0.25) is 0 Å². The number of hydrogen-bond donors (Lipinski definition) is 0. The Kier molecular flexibility index (Phi) is 3.66. The molecule has 0 fully saturated rings. The van der Waals surface area contributed by atoms with E-state index in [2.05, 4.69) is 18.2 Å². The summed E-state index contributed by atoms with van der Waals surface area (Å²) in [6.45, 7) is 0. The molecule has 2 rings (SSSR count). The number of ether oxygens (including phenoxy) is 1. The number of rotatable bonds is 4. The van der Waals surface area contributed by atoms with Gasteiger partial charge < -0.3 is 10.5 Å². The summed E-state index contributed by atoms with van der Waals surface area (Å²) in [7, 11) is 1.68. The van der Waals surface area contributed by atoms with Gasteiger partial charge in [-0.2, -0.15) is 0 Å². The molecule has 87 valence electrons. The Balaban J connectivity index is 1.97. The molecule has 0 saturated carbocycles. The van der Waals surface area contributed by atoms with E-state index in [0.29, 0.717) is 5.69 Å². The van der Waals surface area contributed by atoms with Crippen molar-refractivity contribution in [1.29, 1.82) is 0 Å². The van der Waals surface area contributed by atoms with E-state index < -0.39 is 0 Å². The van der Waals surface area contributed by atoms with Crippen molar-refractivity contribution in [1.82, 2.24) is 5.73 Å². The van der Waals surface area contributed by atoms with Crippen molar-refractivity contribution >= 4 is 5.69 Å². The van der Waals surface area contributed by atoms with Crippen molar-refractivity contribution in [2.75, 3.05) is 7.11 Å². The molecule has 0 saturated heterocycles. The molecule has 0 aromatic heterocycles. The number of methoxy groups -OCH3 is 1. The van der Waals surface area contributed by atoms with Gasteiger partial charge in [0.25, 0.3) is 0 Å². The van der Waals surface area contributed by atoms with E-state index in [9.17, 15) is 0 Å². The zero-order chi connectivity index (χ0) is 12.1. The molecule has 0 aliphatic heterocycles. The van der Waals surface area contributed by atoms with Crippen LogP contribution in [0.3, 0.4) is 0 Å². The van der Waals surface area contributed by atoms with Gasteiger partial charge >= 0.3 is 0 Å². The molecule has 0 aliphatic rings. The Labute approximate surface area is 102 Å². The molecule has 17 heavy (non-hydrogen) atoms. The third-order valence-electron chi connectivity index (χ3n) is 2.79. The topological polar surface area (TPSA) is 33.0 Å². The Morgan fingerprint density at radius 3 is 2.29 bits per heavy atom. The first-order valence-corrected chi connectivity index (χ1v) is 5.71. The minimum absolute atomic E-state index is 0.581. The molecular formula is C15H16NO. The minimum Gasteiger partial charge on any atom is -0.497 e. The van der Waals surface area contributed by atoms with Crippen molar-refractivity contribution in [2.24, 2.45) is 0 Å². The van der Waals surface area contributed by atoms with Gasteiger partial charge in [-0.25, -0.2) is 0 Å². The predicted octanol–water partition coefficient (Wildman–Crippen LogP) is 3.39. The lowest BCUT2D eigenvalue weighted by Crippen LogP contribution is -1.91. The van der Waals surface area contributed by atoms with Crippen molar-refractivity contribution in [2.45, 2.75) is 12.8 Å². The highest BCUT2D eigenvalue weighted by atomic mass is 16.5. The largest absolute Gasteiger partial charge is 0.497 e. The fourth-order valence-electron chi connectivity index (χ4n) is 1.81. The Bertz CT molecular complexity index is 477. The summed E-state index contributed by atoms with van der Waals surface area (Å²) < 4.78 is 5.12. The normalized spacial score (nSPS) is 10.2. The first-order valence-electron chi connectivity index (χ1n) is 5.71. The third-order valence-corrected chi connectivity index (χ3v) is 2.79. The van der Waals surface area contributed by atoms with E-state index >= 15 is 0 Å². The average Bonchev–Trinajstić information content (AvgIpc) is 2.37. The highest BCUT2D eigenvalue weighted by Crippen LogP contribution is 2.14. The molecule has 0 bridgehead atoms. The highest BCUT2D eigenvalue weighted by molar-refractivity contribution is 5.37. The first-order chi connectivity index (χ1) is 8.28. The smallest absolute Gasteiger partial charge is 0.118 e. The van der Waals surface area contributed by atoms with E-state index in [1.54, 1.807) is 13.2 Å². The monoisotopic (exact) mass is 226 g/mol. The fourth-order valence-corrected chi connectivity index (χ4v) is 1.81. The molecule has 0 heterocycles. The van der Waals surface area contributed by atoms with Crippen LogP contribution in [0.4, 0.5) is 5.69 Å². The van der Waals surface area contributed by atoms with Crippen LogP contribution in [-0.2, 0) is 12.8 Å². The average molecular weight is 226 g/mol. The lowest BCUT2D eigenvalue weighted by atomic mass is 10.0. The van der Waals surface area contributed by atoms with E-state index in [-0.39, 0.29) is 0 Å². The maximum atomic E-state index is 7.56. The molecule has 0 spiro atoms. The van der Waals surface area contributed by atoms with Crippen molar-refractivity contribution in [3.63, 3.8) is 0 Å². The second kappa shape index (κ2) is 5.39. The Morgan fingerprint density at radius 1 is 0.941 bits per heavy atom. The van der Waals surface area contributed by atoms with Gasteiger partial charge in [-0.1, -0.05) is 24.3 Å². The van der Waals surface area contributed by atoms with Gasteiger partial charge in [0.15, 0.2) is 0 Å². The summed E-state index contributed by atoms with van der Waals surface area (Å²) in [4.78, 5) is 0. The highest BCUT2D eigenvalue weighted by Gasteiger charge is 1.97. The van der Waals surface area contributed by atoms with Crippen LogP contribution in [0.5, 0.6) is 5.75 Å². The number of nitrogens with one attached hydrogen (secondary N) is 1. The zero-order valence-electron chi connectivity index (χ0n) is 9.94. The summed E-state index contributed by atoms with van der Waals surface area (Å²) in [5.41, 5.74) is 10.6. The van der Waals surface area contributed by atoms with Crippen LogP contribution in [0.15, 0.2) is 48.5 Å².